The van der Waals surface area contributed by atoms with E-state index in [-0.39, 0.29) is 29.5 Å². The zero-order chi connectivity index (χ0) is 15.6. The van der Waals surface area contributed by atoms with Gasteiger partial charge in [-0.05, 0) is 26.0 Å². The third kappa shape index (κ3) is 3.69. The molecule has 2 atom stereocenters. The molecule has 0 spiro atoms. The summed E-state index contributed by atoms with van der Waals surface area (Å²) in [5, 5.41) is 13.7. The lowest BCUT2D eigenvalue weighted by atomic mass is 10.1. The number of hydrogen-bond acceptors (Lipinski definition) is 5. The minimum atomic E-state index is -0.484. The molecule has 0 radical (unpaired) electrons. The molecule has 0 bridgehead atoms. The van der Waals surface area contributed by atoms with Crippen LogP contribution < -0.4 is 10.2 Å². The molecule has 2 rings (SSSR count). The van der Waals surface area contributed by atoms with Gasteiger partial charge in [-0.1, -0.05) is 0 Å². The molecule has 21 heavy (non-hydrogen) atoms. The Balaban J connectivity index is 2.31. The fourth-order valence-corrected chi connectivity index (χ4v) is 2.55. The predicted octanol–water partition coefficient (Wildman–Crippen LogP) is 2.17. The summed E-state index contributed by atoms with van der Waals surface area (Å²) in [6.45, 7) is 6.64. The van der Waals surface area contributed by atoms with Crippen LogP contribution in [0.1, 0.15) is 20.8 Å². The van der Waals surface area contributed by atoms with Crippen molar-refractivity contribution in [2.24, 2.45) is 0 Å². The van der Waals surface area contributed by atoms with Crippen LogP contribution in [-0.2, 0) is 9.53 Å². The molecule has 0 aromatic heterocycles. The Labute approximate surface area is 123 Å². The number of nitro benzene ring substituents is 1. The number of nitro groups is 1. The molecule has 1 saturated heterocycles. The lowest BCUT2D eigenvalue weighted by Gasteiger charge is -2.36. The highest BCUT2D eigenvalue weighted by Crippen LogP contribution is 2.31. The van der Waals surface area contributed by atoms with Gasteiger partial charge in [-0.2, -0.15) is 0 Å². The van der Waals surface area contributed by atoms with E-state index in [2.05, 4.69) is 10.2 Å². The first-order valence-corrected chi connectivity index (χ1v) is 6.83. The Bertz CT molecular complexity index is 551. The number of nitrogens with one attached hydrogen (secondary N) is 1. The largest absolute Gasteiger partial charge is 0.372 e. The molecule has 1 amide bonds. The smallest absolute Gasteiger partial charge is 0.294 e. The van der Waals surface area contributed by atoms with Crippen LogP contribution in [0.3, 0.4) is 0 Å². The van der Waals surface area contributed by atoms with Crippen molar-refractivity contribution >= 4 is 23.0 Å². The Morgan fingerprint density at radius 2 is 2.00 bits per heavy atom. The third-order valence-electron chi connectivity index (χ3n) is 3.27. The van der Waals surface area contributed by atoms with E-state index in [0.29, 0.717) is 13.1 Å². The molecule has 114 valence electrons. The van der Waals surface area contributed by atoms with E-state index < -0.39 is 4.92 Å². The van der Waals surface area contributed by atoms with Crippen molar-refractivity contribution in [3.63, 3.8) is 0 Å². The van der Waals surface area contributed by atoms with E-state index in [1.54, 1.807) is 12.1 Å². The first kappa shape index (κ1) is 15.2. The standard InChI is InChI=1S/C14H19N3O4/c1-9-7-16(8-10(2)21-9)12-4-5-13(15-11(3)18)14(6-12)17(19)20/h4-6,9-10H,7-8H2,1-3H3,(H,15,18)/t9-,10+. The molecule has 0 aliphatic carbocycles. The summed E-state index contributed by atoms with van der Waals surface area (Å²) in [5.74, 6) is -0.334. The van der Waals surface area contributed by atoms with E-state index in [9.17, 15) is 14.9 Å². The summed E-state index contributed by atoms with van der Waals surface area (Å²) >= 11 is 0. The van der Waals surface area contributed by atoms with E-state index in [4.69, 9.17) is 4.74 Å². The minimum Gasteiger partial charge on any atom is -0.372 e. The monoisotopic (exact) mass is 293 g/mol. The molecule has 1 aromatic carbocycles. The van der Waals surface area contributed by atoms with Gasteiger partial charge >= 0.3 is 0 Å². The normalized spacial score (nSPS) is 22.0. The van der Waals surface area contributed by atoms with Gasteiger partial charge in [-0.15, -0.1) is 0 Å². The number of hydrogen-bond donors (Lipinski definition) is 1. The molecule has 0 unspecified atom stereocenters. The number of benzene rings is 1. The average Bonchev–Trinajstić information content (AvgIpc) is 2.37. The van der Waals surface area contributed by atoms with E-state index >= 15 is 0 Å². The topological polar surface area (TPSA) is 84.7 Å². The number of rotatable bonds is 3. The summed E-state index contributed by atoms with van der Waals surface area (Å²) in [5.41, 5.74) is 0.873. The van der Waals surface area contributed by atoms with Crippen LogP contribution in [0.25, 0.3) is 0 Å². The first-order chi connectivity index (χ1) is 9.86. The Kier molecular flexibility index (Phi) is 4.42. The Morgan fingerprint density at radius 3 is 2.52 bits per heavy atom. The van der Waals surface area contributed by atoms with Gasteiger partial charge in [-0.25, -0.2) is 0 Å². The van der Waals surface area contributed by atoms with Crippen molar-refractivity contribution < 1.29 is 14.5 Å². The number of amides is 1. The Morgan fingerprint density at radius 1 is 1.38 bits per heavy atom. The quantitative estimate of drug-likeness (QED) is 0.682. The molecule has 1 heterocycles. The van der Waals surface area contributed by atoms with Gasteiger partial charge in [0.2, 0.25) is 5.91 Å². The summed E-state index contributed by atoms with van der Waals surface area (Å²) < 4.78 is 5.66. The van der Waals surface area contributed by atoms with Gasteiger partial charge in [0.25, 0.3) is 5.69 Å². The maximum absolute atomic E-state index is 11.2. The number of ether oxygens (including phenoxy) is 1. The fourth-order valence-electron chi connectivity index (χ4n) is 2.55. The minimum absolute atomic E-state index is 0.0721. The second-order valence-electron chi connectivity index (χ2n) is 5.30. The van der Waals surface area contributed by atoms with Gasteiger partial charge < -0.3 is 15.0 Å². The summed E-state index contributed by atoms with van der Waals surface area (Å²) in [6, 6.07) is 4.85. The Hall–Kier alpha value is -2.15. The maximum atomic E-state index is 11.2. The van der Waals surface area contributed by atoms with Gasteiger partial charge in [-0.3, -0.25) is 14.9 Å². The SMILES string of the molecule is CC(=O)Nc1ccc(N2C[C@@H](C)O[C@@H](C)C2)cc1[N+](=O)[O-]. The zero-order valence-electron chi connectivity index (χ0n) is 12.3. The third-order valence-corrected chi connectivity index (χ3v) is 3.27. The number of carbonyl (C=O) groups excluding carboxylic acids is 1. The van der Waals surface area contributed by atoms with Crippen molar-refractivity contribution in [3.8, 4) is 0 Å². The molecule has 0 saturated carbocycles. The molecular weight excluding hydrogens is 274 g/mol. The van der Waals surface area contributed by atoms with Gasteiger partial charge in [0.15, 0.2) is 0 Å². The summed E-state index contributed by atoms with van der Waals surface area (Å²) in [7, 11) is 0. The number of anilines is 2. The average molecular weight is 293 g/mol. The molecule has 1 aliphatic rings. The highest BCUT2D eigenvalue weighted by atomic mass is 16.6. The first-order valence-electron chi connectivity index (χ1n) is 6.83. The van der Waals surface area contributed by atoms with Crippen LogP contribution in [0.5, 0.6) is 0 Å². The summed E-state index contributed by atoms with van der Waals surface area (Å²) in [6.07, 6.45) is 0.144. The van der Waals surface area contributed by atoms with Gasteiger partial charge in [0.05, 0.1) is 17.1 Å². The maximum Gasteiger partial charge on any atom is 0.294 e. The molecular formula is C14H19N3O4. The van der Waals surface area contributed by atoms with E-state index in [1.165, 1.54) is 13.0 Å². The molecule has 7 heteroatoms. The van der Waals surface area contributed by atoms with Crippen molar-refractivity contribution in [2.45, 2.75) is 33.0 Å². The van der Waals surface area contributed by atoms with E-state index in [1.807, 2.05) is 13.8 Å². The number of nitrogens with zero attached hydrogens (tertiary/aromatic N) is 2. The highest BCUT2D eigenvalue weighted by Gasteiger charge is 2.24. The van der Waals surface area contributed by atoms with Crippen molar-refractivity contribution in [3.05, 3.63) is 28.3 Å². The van der Waals surface area contributed by atoms with Crippen molar-refractivity contribution in [2.75, 3.05) is 23.3 Å². The van der Waals surface area contributed by atoms with Crippen molar-refractivity contribution in [1.29, 1.82) is 0 Å². The number of carbonyl (C=O) groups is 1. The molecule has 1 fully saturated rings. The highest BCUT2D eigenvalue weighted by molar-refractivity contribution is 5.91. The lowest BCUT2D eigenvalue weighted by Crippen LogP contribution is -2.45. The molecule has 1 aromatic rings. The van der Waals surface area contributed by atoms with Crippen LogP contribution in [0.2, 0.25) is 0 Å². The predicted molar refractivity (Wildman–Crippen MR) is 79.6 cm³/mol. The molecule has 1 N–H and O–H groups in total. The lowest BCUT2D eigenvalue weighted by molar-refractivity contribution is -0.383. The second kappa shape index (κ2) is 6.09. The van der Waals surface area contributed by atoms with Crippen molar-refractivity contribution in [1.82, 2.24) is 0 Å². The fraction of sp³-hybridized carbons (Fsp3) is 0.500. The van der Waals surface area contributed by atoms with Crippen LogP contribution >= 0.6 is 0 Å². The summed E-state index contributed by atoms with van der Waals surface area (Å²) in [4.78, 5) is 23.9. The van der Waals surface area contributed by atoms with Crippen LogP contribution in [-0.4, -0.2) is 36.1 Å². The van der Waals surface area contributed by atoms with Crippen LogP contribution in [0, 0.1) is 10.1 Å². The zero-order valence-corrected chi connectivity index (χ0v) is 12.3. The molecule has 7 nitrogen and oxygen atoms in total. The number of morpholine rings is 1. The second-order valence-corrected chi connectivity index (χ2v) is 5.30. The molecule has 1 aliphatic heterocycles. The van der Waals surface area contributed by atoms with Gasteiger partial charge in [0, 0.05) is 31.8 Å². The van der Waals surface area contributed by atoms with E-state index in [0.717, 1.165) is 5.69 Å². The van der Waals surface area contributed by atoms with Gasteiger partial charge in [0.1, 0.15) is 5.69 Å². The van der Waals surface area contributed by atoms with Crippen LogP contribution in [0.4, 0.5) is 17.1 Å². The van der Waals surface area contributed by atoms with Crippen LogP contribution in [0.15, 0.2) is 18.2 Å².